The van der Waals surface area contributed by atoms with E-state index in [0.29, 0.717) is 17.2 Å². The molecule has 1 aromatic carbocycles. The van der Waals surface area contributed by atoms with Crippen molar-refractivity contribution in [3.05, 3.63) is 48.2 Å². The van der Waals surface area contributed by atoms with Gasteiger partial charge in [-0.2, -0.15) is 0 Å². The zero-order valence-electron chi connectivity index (χ0n) is 11.4. The van der Waals surface area contributed by atoms with Gasteiger partial charge in [-0.15, -0.1) is 0 Å². The van der Waals surface area contributed by atoms with Crippen molar-refractivity contribution in [2.45, 2.75) is 0 Å². The van der Waals surface area contributed by atoms with E-state index in [1.807, 2.05) is 43.3 Å². The second-order valence-electron chi connectivity index (χ2n) is 4.45. The Balaban J connectivity index is 2.10. The number of benzene rings is 1. The third-order valence-electron chi connectivity index (χ3n) is 2.77. The van der Waals surface area contributed by atoms with Gasteiger partial charge in [-0.1, -0.05) is 6.07 Å². The highest BCUT2D eigenvalue weighted by Crippen LogP contribution is 2.16. The summed E-state index contributed by atoms with van der Waals surface area (Å²) in [7, 11) is 3.92. The molecule has 0 saturated carbocycles. The number of amides is 1. The van der Waals surface area contributed by atoms with Gasteiger partial charge < -0.3 is 15.6 Å². The molecule has 2 aromatic rings. The maximum absolute atomic E-state index is 12.0. The van der Waals surface area contributed by atoms with Gasteiger partial charge >= 0.3 is 0 Å². The van der Waals surface area contributed by atoms with Gasteiger partial charge in [-0.05, 0) is 36.4 Å². The number of nitrogens with one attached hydrogen (secondary N) is 2. The maximum atomic E-state index is 12.0. The van der Waals surface area contributed by atoms with Crippen LogP contribution in [0.5, 0.6) is 0 Å². The van der Waals surface area contributed by atoms with Gasteiger partial charge in [-0.25, -0.2) is 10.8 Å². The highest BCUT2D eigenvalue weighted by molar-refractivity contribution is 6.03. The Hall–Kier alpha value is -2.60. The molecule has 1 heterocycles. The number of rotatable bonds is 4. The zero-order valence-corrected chi connectivity index (χ0v) is 11.4. The fourth-order valence-corrected chi connectivity index (χ4v) is 1.68. The van der Waals surface area contributed by atoms with Crippen molar-refractivity contribution < 1.29 is 4.79 Å². The molecular formula is C14H17N5O. The fourth-order valence-electron chi connectivity index (χ4n) is 1.68. The number of pyridine rings is 1. The maximum Gasteiger partial charge on any atom is 0.274 e. The van der Waals surface area contributed by atoms with Crippen molar-refractivity contribution in [1.29, 1.82) is 0 Å². The highest BCUT2D eigenvalue weighted by Gasteiger charge is 2.08. The number of carbonyl (C=O) groups is 1. The summed E-state index contributed by atoms with van der Waals surface area (Å²) in [4.78, 5) is 18.1. The summed E-state index contributed by atoms with van der Waals surface area (Å²) in [6, 6.07) is 12.6. The Morgan fingerprint density at radius 1 is 1.15 bits per heavy atom. The first-order valence-corrected chi connectivity index (χ1v) is 6.12. The largest absolute Gasteiger partial charge is 0.378 e. The molecule has 0 aliphatic heterocycles. The number of anilines is 3. The minimum atomic E-state index is -0.278. The van der Waals surface area contributed by atoms with Crippen molar-refractivity contribution in [3.8, 4) is 0 Å². The summed E-state index contributed by atoms with van der Waals surface area (Å²) in [5.41, 5.74) is 4.49. The fraction of sp³-hybridized carbons (Fsp3) is 0.143. The van der Waals surface area contributed by atoms with Gasteiger partial charge in [0.25, 0.3) is 5.91 Å². The van der Waals surface area contributed by atoms with Crippen molar-refractivity contribution >= 4 is 23.1 Å². The number of carbonyl (C=O) groups excluding carboxylic acids is 1. The molecule has 1 aromatic heterocycles. The molecule has 0 saturated heterocycles. The van der Waals surface area contributed by atoms with Crippen molar-refractivity contribution in [2.75, 3.05) is 29.7 Å². The standard InChI is InChI=1S/C14H17N5O/c1-19(2)11-8-6-10(7-9-11)16-14(20)12-4-3-5-13(17-12)18-15/h3-9H,15H2,1-2H3,(H,16,20)(H,17,18). The van der Waals surface area contributed by atoms with Crippen LogP contribution in [0, 0.1) is 0 Å². The van der Waals surface area contributed by atoms with Gasteiger partial charge in [0.05, 0.1) is 0 Å². The Morgan fingerprint density at radius 2 is 1.85 bits per heavy atom. The molecule has 0 aliphatic carbocycles. The number of hydrazine groups is 1. The monoisotopic (exact) mass is 271 g/mol. The van der Waals surface area contributed by atoms with Crippen LogP contribution in [0.1, 0.15) is 10.5 Å². The van der Waals surface area contributed by atoms with E-state index < -0.39 is 0 Å². The minimum absolute atomic E-state index is 0.278. The van der Waals surface area contributed by atoms with Crippen molar-refractivity contribution in [1.82, 2.24) is 4.98 Å². The predicted molar refractivity (Wildman–Crippen MR) is 80.8 cm³/mol. The molecule has 0 aliphatic rings. The van der Waals surface area contributed by atoms with E-state index in [0.717, 1.165) is 5.69 Å². The first-order chi connectivity index (χ1) is 9.60. The molecule has 1 amide bonds. The predicted octanol–water partition coefficient (Wildman–Crippen LogP) is 1.69. The lowest BCUT2D eigenvalue weighted by atomic mass is 10.2. The summed E-state index contributed by atoms with van der Waals surface area (Å²) in [5, 5.41) is 2.79. The van der Waals surface area contributed by atoms with Crippen LogP contribution in [0.15, 0.2) is 42.5 Å². The van der Waals surface area contributed by atoms with Gasteiger partial charge in [0, 0.05) is 25.5 Å². The number of nitrogens with zero attached hydrogens (tertiary/aromatic N) is 2. The number of aromatic nitrogens is 1. The van der Waals surface area contributed by atoms with Crippen LogP contribution in [-0.2, 0) is 0 Å². The number of hydrogen-bond donors (Lipinski definition) is 3. The normalized spacial score (nSPS) is 9.95. The van der Waals surface area contributed by atoms with Crippen molar-refractivity contribution in [3.63, 3.8) is 0 Å². The van der Waals surface area contributed by atoms with E-state index in [-0.39, 0.29) is 5.91 Å². The molecule has 104 valence electrons. The lowest BCUT2D eigenvalue weighted by Crippen LogP contribution is -2.16. The average molecular weight is 271 g/mol. The van der Waals surface area contributed by atoms with E-state index >= 15 is 0 Å². The van der Waals surface area contributed by atoms with E-state index in [9.17, 15) is 4.79 Å². The molecule has 6 nitrogen and oxygen atoms in total. The summed E-state index contributed by atoms with van der Waals surface area (Å²) in [6.07, 6.45) is 0. The van der Waals surface area contributed by atoms with Gasteiger partial charge in [0.1, 0.15) is 11.5 Å². The van der Waals surface area contributed by atoms with E-state index in [2.05, 4.69) is 15.7 Å². The van der Waals surface area contributed by atoms with E-state index in [4.69, 9.17) is 5.84 Å². The molecule has 0 spiro atoms. The average Bonchev–Trinajstić information content (AvgIpc) is 2.47. The molecule has 4 N–H and O–H groups in total. The summed E-state index contributed by atoms with van der Waals surface area (Å²) in [6.45, 7) is 0. The molecule has 0 fully saturated rings. The number of nitrogen functional groups attached to an aromatic ring is 1. The van der Waals surface area contributed by atoms with E-state index in [1.165, 1.54) is 0 Å². The van der Waals surface area contributed by atoms with Crippen LogP contribution < -0.4 is 21.5 Å². The molecule has 0 unspecified atom stereocenters. The summed E-state index contributed by atoms with van der Waals surface area (Å²) < 4.78 is 0. The Bertz CT molecular complexity index is 595. The zero-order chi connectivity index (χ0) is 14.5. The first-order valence-electron chi connectivity index (χ1n) is 6.12. The Kier molecular flexibility index (Phi) is 4.17. The number of hydrogen-bond acceptors (Lipinski definition) is 5. The first kappa shape index (κ1) is 13.8. The molecular weight excluding hydrogens is 254 g/mol. The Labute approximate surface area is 117 Å². The van der Waals surface area contributed by atoms with E-state index in [1.54, 1.807) is 18.2 Å². The number of nitrogens with two attached hydrogens (primary N) is 1. The van der Waals surface area contributed by atoms with Crippen LogP contribution in [0.25, 0.3) is 0 Å². The molecule has 6 heteroatoms. The van der Waals surface area contributed by atoms with Gasteiger partial charge in [-0.3, -0.25) is 4.79 Å². The molecule has 2 rings (SSSR count). The van der Waals surface area contributed by atoms with Crippen LogP contribution in [0.4, 0.5) is 17.2 Å². The van der Waals surface area contributed by atoms with Crippen LogP contribution in [0.2, 0.25) is 0 Å². The molecule has 0 atom stereocenters. The topological polar surface area (TPSA) is 83.3 Å². The third kappa shape index (κ3) is 3.24. The second kappa shape index (κ2) is 6.03. The molecule has 20 heavy (non-hydrogen) atoms. The molecule has 0 radical (unpaired) electrons. The van der Waals surface area contributed by atoms with Gasteiger partial charge in [0.2, 0.25) is 0 Å². The lowest BCUT2D eigenvalue weighted by molar-refractivity contribution is 0.102. The van der Waals surface area contributed by atoms with Crippen LogP contribution in [0.3, 0.4) is 0 Å². The summed E-state index contributed by atoms with van der Waals surface area (Å²) >= 11 is 0. The van der Waals surface area contributed by atoms with Crippen molar-refractivity contribution in [2.24, 2.45) is 5.84 Å². The summed E-state index contributed by atoms with van der Waals surface area (Å²) in [5.74, 6) is 5.43. The van der Waals surface area contributed by atoms with Crippen LogP contribution >= 0.6 is 0 Å². The Morgan fingerprint density at radius 3 is 2.45 bits per heavy atom. The smallest absolute Gasteiger partial charge is 0.274 e. The second-order valence-corrected chi connectivity index (χ2v) is 4.45. The lowest BCUT2D eigenvalue weighted by Gasteiger charge is -2.13. The van der Waals surface area contributed by atoms with Gasteiger partial charge in [0.15, 0.2) is 0 Å². The highest BCUT2D eigenvalue weighted by atomic mass is 16.1. The molecule has 0 bridgehead atoms. The third-order valence-corrected chi connectivity index (χ3v) is 2.77. The van der Waals surface area contributed by atoms with Crippen LogP contribution in [-0.4, -0.2) is 25.0 Å². The minimum Gasteiger partial charge on any atom is -0.378 e. The quantitative estimate of drug-likeness (QED) is 0.582. The SMILES string of the molecule is CN(C)c1ccc(NC(=O)c2cccc(NN)n2)cc1.